The number of hydrogen-bond donors (Lipinski definition) is 2. The van der Waals surface area contributed by atoms with Crippen molar-refractivity contribution >= 4 is 38.9 Å². The number of hydrazone groups is 1. The molecule has 8 heteroatoms. The van der Waals surface area contributed by atoms with Gasteiger partial charge in [0, 0.05) is 11.3 Å². The van der Waals surface area contributed by atoms with Gasteiger partial charge in [-0.1, -0.05) is 43.1 Å². The molecule has 28 heavy (non-hydrogen) atoms. The van der Waals surface area contributed by atoms with Crippen LogP contribution in [-0.4, -0.2) is 20.0 Å². The molecule has 0 saturated heterocycles. The molecule has 1 aliphatic rings. The predicted octanol–water partition coefficient (Wildman–Crippen LogP) is 4.44. The van der Waals surface area contributed by atoms with Gasteiger partial charge in [0.1, 0.15) is 0 Å². The number of para-hydroxylation sites is 1. The summed E-state index contributed by atoms with van der Waals surface area (Å²) in [5.41, 5.74) is 4.02. The van der Waals surface area contributed by atoms with Gasteiger partial charge < -0.3 is 0 Å². The first kappa shape index (κ1) is 20.4. The molecule has 1 saturated carbocycles. The van der Waals surface area contributed by atoms with Crippen molar-refractivity contribution in [2.24, 2.45) is 11.0 Å². The highest BCUT2D eigenvalue weighted by atomic mass is 35.5. The van der Waals surface area contributed by atoms with E-state index in [1.165, 1.54) is 24.6 Å². The van der Waals surface area contributed by atoms with E-state index < -0.39 is 15.9 Å². The molecule has 6 nitrogen and oxygen atoms in total. The Morgan fingerprint density at radius 2 is 1.93 bits per heavy atom. The molecular weight excluding hydrogens is 398 g/mol. The minimum atomic E-state index is -3.89. The molecule has 0 aromatic heterocycles. The van der Waals surface area contributed by atoms with Crippen LogP contribution in [0.5, 0.6) is 0 Å². The second-order valence-electron chi connectivity index (χ2n) is 6.80. The summed E-state index contributed by atoms with van der Waals surface area (Å²) in [5, 5.41) is 4.54. The molecule has 0 unspecified atom stereocenters. The maximum atomic E-state index is 12.6. The van der Waals surface area contributed by atoms with Crippen LogP contribution in [0.4, 0.5) is 5.69 Å². The number of amides is 1. The highest BCUT2D eigenvalue weighted by Crippen LogP contribution is 2.24. The molecule has 2 N–H and O–H groups in total. The molecule has 1 aliphatic carbocycles. The second kappa shape index (κ2) is 8.75. The number of nitrogens with zero attached hydrogens (tertiary/aromatic N) is 1. The van der Waals surface area contributed by atoms with Crippen LogP contribution in [0.15, 0.2) is 58.5 Å². The number of hydrogen-bond acceptors (Lipinski definition) is 4. The highest BCUT2D eigenvalue weighted by Gasteiger charge is 2.19. The molecule has 0 radical (unpaired) electrons. The van der Waals surface area contributed by atoms with Crippen LogP contribution in [0, 0.1) is 5.92 Å². The molecule has 2 aromatic carbocycles. The number of carbonyl (C=O) groups excluding carboxylic acids is 1. The summed E-state index contributed by atoms with van der Waals surface area (Å²) in [7, 11) is -3.89. The fourth-order valence-electron chi connectivity index (χ4n) is 3.08. The Bertz CT molecular complexity index is 1010. The van der Waals surface area contributed by atoms with Crippen LogP contribution in [0.2, 0.25) is 5.02 Å². The van der Waals surface area contributed by atoms with Gasteiger partial charge in [-0.3, -0.25) is 9.52 Å². The van der Waals surface area contributed by atoms with Crippen LogP contribution >= 0.6 is 11.6 Å². The molecule has 0 bridgehead atoms. The largest absolute Gasteiger partial charge is 0.278 e. The third kappa shape index (κ3) is 4.91. The summed E-state index contributed by atoms with van der Waals surface area (Å²) >= 11 is 6.02. The Balaban J connectivity index is 1.76. The van der Waals surface area contributed by atoms with Gasteiger partial charge in [-0.05, 0) is 55.5 Å². The van der Waals surface area contributed by atoms with Crippen LogP contribution in [0.3, 0.4) is 0 Å². The zero-order chi connectivity index (χ0) is 20.1. The van der Waals surface area contributed by atoms with Crippen LogP contribution < -0.4 is 10.1 Å². The lowest BCUT2D eigenvalue weighted by atomic mass is 9.89. The standard InChI is InChI=1S/C20H22ClN3O3S/c1-14-7-2-4-11-18(14)22-23-20(25)15-8-6-9-16(13-15)28(26,27)24-19-12-5-3-10-17(19)21/h3,5-6,8-10,12-14,24H,2,4,7,11H2,1H3,(H,23,25)/b22-18-/t14-/m1/s1. The normalized spacial score (nSPS) is 18.6. The number of sulfonamides is 1. The van der Waals surface area contributed by atoms with Crippen molar-refractivity contribution in [3.05, 3.63) is 59.1 Å². The summed E-state index contributed by atoms with van der Waals surface area (Å²) in [6, 6.07) is 12.4. The van der Waals surface area contributed by atoms with Crippen molar-refractivity contribution < 1.29 is 13.2 Å². The van der Waals surface area contributed by atoms with Gasteiger partial charge in [0.2, 0.25) is 0 Å². The number of halogens is 1. The highest BCUT2D eigenvalue weighted by molar-refractivity contribution is 7.92. The quantitative estimate of drug-likeness (QED) is 0.702. The molecule has 0 spiro atoms. The monoisotopic (exact) mass is 419 g/mol. The molecule has 1 fully saturated rings. The number of anilines is 1. The topological polar surface area (TPSA) is 87.6 Å². The molecule has 2 aromatic rings. The van der Waals surface area contributed by atoms with E-state index in [-0.39, 0.29) is 21.2 Å². The third-order valence-corrected chi connectivity index (χ3v) is 6.41. The minimum Gasteiger partial charge on any atom is -0.278 e. The Morgan fingerprint density at radius 3 is 2.68 bits per heavy atom. The Labute approximate surface area is 170 Å². The van der Waals surface area contributed by atoms with E-state index in [4.69, 9.17) is 11.6 Å². The van der Waals surface area contributed by atoms with Crippen molar-refractivity contribution in [1.29, 1.82) is 0 Å². The lowest BCUT2D eigenvalue weighted by Crippen LogP contribution is -2.24. The molecular formula is C20H22ClN3O3S. The van der Waals surface area contributed by atoms with Crippen molar-refractivity contribution in [3.63, 3.8) is 0 Å². The fraction of sp³-hybridized carbons (Fsp3) is 0.300. The number of benzene rings is 2. The van der Waals surface area contributed by atoms with Crippen LogP contribution in [-0.2, 0) is 10.0 Å². The fourth-order valence-corrected chi connectivity index (χ4v) is 4.44. The zero-order valence-electron chi connectivity index (χ0n) is 15.5. The maximum absolute atomic E-state index is 12.6. The lowest BCUT2D eigenvalue weighted by molar-refractivity contribution is 0.0954. The van der Waals surface area contributed by atoms with Crippen LogP contribution in [0.1, 0.15) is 43.0 Å². The molecule has 0 heterocycles. The summed E-state index contributed by atoms with van der Waals surface area (Å²) in [4.78, 5) is 12.4. The average Bonchev–Trinajstić information content (AvgIpc) is 2.69. The van der Waals surface area contributed by atoms with E-state index >= 15 is 0 Å². The van der Waals surface area contributed by atoms with E-state index in [1.54, 1.807) is 30.3 Å². The smallest absolute Gasteiger partial charge is 0.271 e. The van der Waals surface area contributed by atoms with Crippen molar-refractivity contribution in [2.75, 3.05) is 4.72 Å². The third-order valence-electron chi connectivity index (χ3n) is 4.71. The Morgan fingerprint density at radius 1 is 1.14 bits per heavy atom. The van der Waals surface area contributed by atoms with Gasteiger partial charge in [-0.25, -0.2) is 13.8 Å². The van der Waals surface area contributed by atoms with Gasteiger partial charge >= 0.3 is 0 Å². The van der Waals surface area contributed by atoms with E-state index in [2.05, 4.69) is 22.2 Å². The Kier molecular flexibility index (Phi) is 6.36. The van der Waals surface area contributed by atoms with E-state index in [0.717, 1.165) is 25.0 Å². The predicted molar refractivity (Wildman–Crippen MR) is 111 cm³/mol. The first-order valence-electron chi connectivity index (χ1n) is 9.11. The maximum Gasteiger partial charge on any atom is 0.271 e. The van der Waals surface area contributed by atoms with Gasteiger partial charge in [0.25, 0.3) is 15.9 Å². The molecule has 148 valence electrons. The first-order chi connectivity index (χ1) is 13.4. The van der Waals surface area contributed by atoms with Crippen LogP contribution in [0.25, 0.3) is 0 Å². The van der Waals surface area contributed by atoms with E-state index in [0.29, 0.717) is 5.92 Å². The SMILES string of the molecule is C[C@@H]1CCCC/C1=N/NC(=O)c1cccc(S(=O)(=O)Nc2ccccc2Cl)c1. The minimum absolute atomic E-state index is 0.0289. The van der Waals surface area contributed by atoms with Crippen molar-refractivity contribution in [2.45, 2.75) is 37.5 Å². The zero-order valence-corrected chi connectivity index (χ0v) is 17.1. The number of nitrogens with one attached hydrogen (secondary N) is 2. The van der Waals surface area contributed by atoms with Gasteiger partial charge in [-0.2, -0.15) is 5.10 Å². The van der Waals surface area contributed by atoms with E-state index in [9.17, 15) is 13.2 Å². The number of rotatable bonds is 5. The second-order valence-corrected chi connectivity index (χ2v) is 8.89. The molecule has 1 amide bonds. The van der Waals surface area contributed by atoms with Gasteiger partial charge in [0.15, 0.2) is 0 Å². The molecule has 3 rings (SSSR count). The van der Waals surface area contributed by atoms with Gasteiger partial charge in [0.05, 0.1) is 15.6 Å². The summed E-state index contributed by atoms with van der Waals surface area (Å²) < 4.78 is 27.7. The lowest BCUT2D eigenvalue weighted by Gasteiger charge is -2.19. The van der Waals surface area contributed by atoms with E-state index in [1.807, 2.05) is 0 Å². The Hall–Kier alpha value is -2.38. The summed E-state index contributed by atoms with van der Waals surface area (Å²) in [5.74, 6) is -0.0966. The number of carbonyl (C=O) groups is 1. The molecule has 0 aliphatic heterocycles. The average molecular weight is 420 g/mol. The van der Waals surface area contributed by atoms with Gasteiger partial charge in [-0.15, -0.1) is 0 Å². The molecule has 1 atom stereocenters. The first-order valence-corrected chi connectivity index (χ1v) is 11.0. The van der Waals surface area contributed by atoms with Crippen molar-refractivity contribution in [3.8, 4) is 0 Å². The summed E-state index contributed by atoms with van der Waals surface area (Å²) in [6.45, 7) is 2.09. The summed E-state index contributed by atoms with van der Waals surface area (Å²) in [6.07, 6.45) is 4.18. The van der Waals surface area contributed by atoms with Crippen molar-refractivity contribution in [1.82, 2.24) is 5.43 Å².